The summed E-state index contributed by atoms with van der Waals surface area (Å²) in [6.45, 7) is 2.96. The summed E-state index contributed by atoms with van der Waals surface area (Å²) in [4.78, 5) is 37.7. The molecule has 0 amide bonds. The summed E-state index contributed by atoms with van der Waals surface area (Å²) in [5.41, 5.74) is 1.49. The lowest BCUT2D eigenvalue weighted by molar-refractivity contribution is 0.0468. The van der Waals surface area contributed by atoms with Gasteiger partial charge in [-0.1, -0.05) is 30.3 Å². The van der Waals surface area contributed by atoms with Gasteiger partial charge in [-0.3, -0.25) is 9.59 Å². The fourth-order valence-corrected chi connectivity index (χ4v) is 3.78. The minimum absolute atomic E-state index is 0.0488. The van der Waals surface area contributed by atoms with Crippen molar-refractivity contribution in [3.8, 4) is 5.69 Å². The first-order valence-electron chi connectivity index (χ1n) is 9.90. The Hall–Kier alpha value is -4.07. The number of Topliss-reactive ketones (excluding diaryl/α,β-unsaturated/α-hetero) is 1. The zero-order valence-electron chi connectivity index (χ0n) is 17.8. The van der Waals surface area contributed by atoms with E-state index in [0.717, 1.165) is 4.68 Å². The molecule has 0 aliphatic rings. The van der Waals surface area contributed by atoms with Crippen LogP contribution in [0.25, 0.3) is 16.5 Å². The molecule has 0 bridgehead atoms. The van der Waals surface area contributed by atoms with Gasteiger partial charge in [-0.15, -0.1) is 0 Å². The number of carbonyl (C=O) groups is 2. The molecule has 4 rings (SSSR count). The van der Waals surface area contributed by atoms with Gasteiger partial charge < -0.3 is 9.30 Å². The average Bonchev–Trinajstić information content (AvgIpc) is 3.08. The highest BCUT2D eigenvalue weighted by molar-refractivity contribution is 6.04. The summed E-state index contributed by atoms with van der Waals surface area (Å²) in [6, 6.07) is 14.5. The minimum atomic E-state index is -0.812. The van der Waals surface area contributed by atoms with Crippen LogP contribution in [-0.2, 0) is 11.8 Å². The molecule has 7 nitrogen and oxygen atoms in total. The van der Waals surface area contributed by atoms with Crippen molar-refractivity contribution in [2.45, 2.75) is 13.8 Å². The van der Waals surface area contributed by atoms with E-state index >= 15 is 0 Å². The number of aryl methyl sites for hydroxylation is 2. The molecule has 0 fully saturated rings. The summed E-state index contributed by atoms with van der Waals surface area (Å²) in [7, 11) is 1.44. The Kier molecular flexibility index (Phi) is 5.44. The van der Waals surface area contributed by atoms with Crippen LogP contribution in [0.1, 0.15) is 32.2 Å². The van der Waals surface area contributed by atoms with Crippen LogP contribution < -0.4 is 5.56 Å². The molecule has 32 heavy (non-hydrogen) atoms. The third-order valence-electron chi connectivity index (χ3n) is 5.31. The second kappa shape index (κ2) is 8.22. The number of benzene rings is 2. The van der Waals surface area contributed by atoms with Crippen molar-refractivity contribution in [2.75, 3.05) is 6.61 Å². The lowest BCUT2D eigenvalue weighted by Gasteiger charge is -2.11. The summed E-state index contributed by atoms with van der Waals surface area (Å²) < 4.78 is 22.2. The van der Waals surface area contributed by atoms with E-state index in [1.165, 1.54) is 13.1 Å². The number of ether oxygens (including phenoxy) is 1. The van der Waals surface area contributed by atoms with Crippen molar-refractivity contribution in [2.24, 2.45) is 7.05 Å². The van der Waals surface area contributed by atoms with E-state index in [9.17, 15) is 18.8 Å². The third kappa shape index (κ3) is 3.60. The molecule has 0 spiro atoms. The highest BCUT2D eigenvalue weighted by atomic mass is 19.1. The number of esters is 1. The van der Waals surface area contributed by atoms with Gasteiger partial charge in [0.15, 0.2) is 12.3 Å². The lowest BCUT2D eigenvalue weighted by atomic mass is 10.1. The molecule has 0 aliphatic heterocycles. The van der Waals surface area contributed by atoms with E-state index in [1.807, 2.05) is 0 Å². The molecule has 2 aromatic carbocycles. The molecule has 162 valence electrons. The molecule has 0 N–H and O–H groups in total. The van der Waals surface area contributed by atoms with Gasteiger partial charge in [0.25, 0.3) is 5.56 Å². The predicted octanol–water partition coefficient (Wildman–Crippen LogP) is 3.52. The van der Waals surface area contributed by atoms with Gasteiger partial charge in [0.1, 0.15) is 5.82 Å². The average molecular weight is 433 g/mol. The maximum absolute atomic E-state index is 14.3. The van der Waals surface area contributed by atoms with Crippen LogP contribution in [0.3, 0.4) is 0 Å². The highest BCUT2D eigenvalue weighted by Crippen LogP contribution is 2.23. The number of hydrogen-bond donors (Lipinski definition) is 0. The van der Waals surface area contributed by atoms with Gasteiger partial charge in [0.2, 0.25) is 5.78 Å². The van der Waals surface area contributed by atoms with Crippen LogP contribution in [-0.4, -0.2) is 32.7 Å². The Labute approximate surface area is 182 Å². The van der Waals surface area contributed by atoms with Gasteiger partial charge in [-0.25, -0.2) is 13.9 Å². The van der Waals surface area contributed by atoms with Crippen LogP contribution in [0.4, 0.5) is 4.39 Å². The van der Waals surface area contributed by atoms with Crippen molar-refractivity contribution in [1.82, 2.24) is 14.3 Å². The summed E-state index contributed by atoms with van der Waals surface area (Å²) in [5.74, 6) is -1.65. The van der Waals surface area contributed by atoms with Crippen molar-refractivity contribution in [3.63, 3.8) is 0 Å². The molecule has 4 aromatic rings. The van der Waals surface area contributed by atoms with E-state index in [-0.39, 0.29) is 11.3 Å². The molecular formula is C24H20FN3O4. The van der Waals surface area contributed by atoms with Gasteiger partial charge in [-0.2, -0.15) is 5.10 Å². The van der Waals surface area contributed by atoms with Crippen LogP contribution >= 0.6 is 0 Å². The second-order valence-corrected chi connectivity index (χ2v) is 7.39. The largest absolute Gasteiger partial charge is 0.452 e. The number of hydrogen-bond acceptors (Lipinski definition) is 5. The SMILES string of the molecule is Cc1cc(C(=O)COC(=O)c2nn(C)c(=O)c3ccccc23)c(C)n1-c1ccccc1F. The Morgan fingerprint density at radius 2 is 1.69 bits per heavy atom. The molecular weight excluding hydrogens is 413 g/mol. The van der Waals surface area contributed by atoms with Crippen LogP contribution in [0.15, 0.2) is 59.4 Å². The Balaban J connectivity index is 1.59. The number of halogens is 1. The molecule has 2 aromatic heterocycles. The Morgan fingerprint density at radius 3 is 2.41 bits per heavy atom. The van der Waals surface area contributed by atoms with E-state index in [2.05, 4.69) is 5.10 Å². The molecule has 0 aliphatic carbocycles. The van der Waals surface area contributed by atoms with Crippen molar-refractivity contribution < 1.29 is 18.7 Å². The van der Waals surface area contributed by atoms with Gasteiger partial charge >= 0.3 is 5.97 Å². The van der Waals surface area contributed by atoms with Crippen molar-refractivity contribution in [1.29, 1.82) is 0 Å². The monoisotopic (exact) mass is 433 g/mol. The van der Waals surface area contributed by atoms with E-state index in [4.69, 9.17) is 4.74 Å². The number of ketones is 1. The van der Waals surface area contributed by atoms with Gasteiger partial charge in [0.05, 0.1) is 11.1 Å². The standard InChI is InChI=1S/C24H20FN3O4/c1-14-12-18(15(2)28(14)20-11-7-6-10-19(20)25)21(29)13-32-24(31)22-16-8-4-5-9-17(16)23(30)27(3)26-22/h4-12H,13H2,1-3H3. The fraction of sp³-hybridized carbons (Fsp3) is 0.167. The van der Waals surface area contributed by atoms with Gasteiger partial charge in [0, 0.05) is 29.4 Å². The summed E-state index contributed by atoms with van der Waals surface area (Å²) in [5, 5.41) is 4.69. The van der Waals surface area contributed by atoms with Crippen LogP contribution in [0.2, 0.25) is 0 Å². The number of nitrogens with zero attached hydrogens (tertiary/aromatic N) is 3. The molecule has 0 saturated carbocycles. The smallest absolute Gasteiger partial charge is 0.359 e. The minimum Gasteiger partial charge on any atom is -0.452 e. The first-order chi connectivity index (χ1) is 15.3. The predicted molar refractivity (Wildman–Crippen MR) is 117 cm³/mol. The highest BCUT2D eigenvalue weighted by Gasteiger charge is 2.22. The number of fused-ring (bicyclic) bond motifs is 1. The van der Waals surface area contributed by atoms with E-state index in [0.29, 0.717) is 33.4 Å². The zero-order chi connectivity index (χ0) is 23.0. The number of aromatic nitrogens is 3. The summed E-state index contributed by atoms with van der Waals surface area (Å²) in [6.07, 6.45) is 0. The number of rotatable bonds is 5. The Morgan fingerprint density at radius 1 is 1.03 bits per heavy atom. The molecule has 2 heterocycles. The maximum Gasteiger partial charge on any atom is 0.359 e. The molecule has 8 heteroatoms. The third-order valence-corrected chi connectivity index (χ3v) is 5.31. The van der Waals surface area contributed by atoms with Crippen molar-refractivity contribution >= 4 is 22.5 Å². The topological polar surface area (TPSA) is 83.2 Å². The maximum atomic E-state index is 14.3. The number of carbonyl (C=O) groups excluding carboxylic acids is 2. The molecule has 0 saturated heterocycles. The zero-order valence-corrected chi connectivity index (χ0v) is 17.8. The first-order valence-corrected chi connectivity index (χ1v) is 9.90. The first kappa shape index (κ1) is 21.2. The normalized spacial score (nSPS) is 11.0. The molecule has 0 unspecified atom stereocenters. The number of para-hydroxylation sites is 1. The quantitative estimate of drug-likeness (QED) is 0.355. The molecule has 0 atom stereocenters. The summed E-state index contributed by atoms with van der Waals surface area (Å²) >= 11 is 0. The van der Waals surface area contributed by atoms with Gasteiger partial charge in [-0.05, 0) is 38.1 Å². The lowest BCUT2D eigenvalue weighted by Crippen LogP contribution is -2.24. The van der Waals surface area contributed by atoms with Crippen molar-refractivity contribution in [3.05, 3.63) is 93.4 Å². The molecule has 0 radical (unpaired) electrons. The second-order valence-electron chi connectivity index (χ2n) is 7.39. The Bertz CT molecular complexity index is 1440. The van der Waals surface area contributed by atoms with Crippen LogP contribution in [0, 0.1) is 19.7 Å². The fourth-order valence-electron chi connectivity index (χ4n) is 3.78. The van der Waals surface area contributed by atoms with E-state index < -0.39 is 24.2 Å². The van der Waals surface area contributed by atoms with E-state index in [1.54, 1.807) is 66.9 Å². The van der Waals surface area contributed by atoms with Crippen LogP contribution in [0.5, 0.6) is 0 Å².